The fourth-order valence-corrected chi connectivity index (χ4v) is 5.61. The van der Waals surface area contributed by atoms with Crippen LogP contribution in [-0.2, 0) is 17.8 Å². The third kappa shape index (κ3) is 5.46. The summed E-state index contributed by atoms with van der Waals surface area (Å²) in [6.07, 6.45) is 8.35. The van der Waals surface area contributed by atoms with Crippen molar-refractivity contribution in [1.82, 2.24) is 15.2 Å². The monoisotopic (exact) mass is 421 g/mol. The summed E-state index contributed by atoms with van der Waals surface area (Å²) in [7, 11) is 0. The zero-order valence-corrected chi connectivity index (χ0v) is 18.4. The van der Waals surface area contributed by atoms with E-state index in [2.05, 4.69) is 57.7 Å². The highest BCUT2D eigenvalue weighted by Crippen LogP contribution is 2.36. The van der Waals surface area contributed by atoms with E-state index < -0.39 is 0 Å². The quantitative estimate of drug-likeness (QED) is 0.731. The molecule has 3 aliphatic rings. The number of nitrogens with zero attached hydrogens (tertiary/aromatic N) is 2. The third-order valence-corrected chi connectivity index (χ3v) is 7.22. The Labute approximate surface area is 186 Å². The lowest BCUT2D eigenvalue weighted by atomic mass is 9.88. The second-order valence-electron chi connectivity index (χ2n) is 9.48. The van der Waals surface area contributed by atoms with Gasteiger partial charge in [-0.2, -0.15) is 0 Å². The largest absolute Gasteiger partial charge is 0.472 e. The zero-order chi connectivity index (χ0) is 20.9. The van der Waals surface area contributed by atoms with Gasteiger partial charge in [0.05, 0.1) is 13.2 Å². The number of likely N-dealkylation sites (tertiary alicyclic amines) is 1. The van der Waals surface area contributed by atoms with Crippen molar-refractivity contribution in [3.63, 3.8) is 0 Å². The van der Waals surface area contributed by atoms with Crippen molar-refractivity contribution in [1.29, 1.82) is 0 Å². The molecule has 0 unspecified atom stereocenters. The number of rotatable bonds is 7. The Morgan fingerprint density at radius 1 is 1.03 bits per heavy atom. The van der Waals surface area contributed by atoms with Gasteiger partial charge in [0, 0.05) is 50.9 Å². The van der Waals surface area contributed by atoms with Crippen LogP contribution in [-0.4, -0.2) is 48.3 Å². The van der Waals surface area contributed by atoms with Crippen LogP contribution in [0.1, 0.15) is 43.2 Å². The summed E-state index contributed by atoms with van der Waals surface area (Å²) in [5.41, 5.74) is 2.68. The Hall–Kier alpha value is -1.95. The van der Waals surface area contributed by atoms with Crippen LogP contribution in [0.15, 0.2) is 48.7 Å². The van der Waals surface area contributed by atoms with Gasteiger partial charge in [-0.1, -0.05) is 43.2 Å². The first-order chi connectivity index (χ1) is 15.3. The number of hydrogen-bond acceptors (Lipinski definition) is 5. The second-order valence-corrected chi connectivity index (χ2v) is 9.48. The van der Waals surface area contributed by atoms with E-state index in [-0.39, 0.29) is 6.10 Å². The number of aromatic nitrogens is 1. The maximum atomic E-state index is 6.00. The molecule has 5 nitrogen and oxygen atoms in total. The van der Waals surface area contributed by atoms with Gasteiger partial charge in [-0.15, -0.1) is 0 Å². The Balaban J connectivity index is 1.18. The summed E-state index contributed by atoms with van der Waals surface area (Å²) < 4.78 is 11.4. The standard InChI is InChI=1S/C26H35N3O2/c1-2-6-20(7-3-1)16-29-17-22-8-4-5-9-25(24(22)18-29)28-15-21-10-12-27-26(14-21)31-23-11-13-30-19-23/h1-3,6-7,10,12,14,22-25,28H,4-5,8-9,11,13,15-19H2/t22-,23+,24-,25-/m0/s1. The number of fused-ring (bicyclic) bond motifs is 1. The van der Waals surface area contributed by atoms with Crippen molar-refractivity contribution in [2.24, 2.45) is 11.8 Å². The average molecular weight is 422 g/mol. The minimum Gasteiger partial charge on any atom is -0.472 e. The van der Waals surface area contributed by atoms with Crippen LogP contribution in [0.2, 0.25) is 0 Å². The van der Waals surface area contributed by atoms with Crippen LogP contribution >= 0.6 is 0 Å². The topological polar surface area (TPSA) is 46.6 Å². The van der Waals surface area contributed by atoms with Gasteiger partial charge >= 0.3 is 0 Å². The molecule has 2 aromatic rings. The molecule has 0 bridgehead atoms. The molecule has 1 aromatic heterocycles. The molecule has 1 saturated carbocycles. The predicted molar refractivity (Wildman–Crippen MR) is 122 cm³/mol. The SMILES string of the molecule is c1ccc(CN2C[C@@H]3CCCC[C@H](NCc4ccnc(O[C@@H]5CCOC5)c4)[C@H]3C2)cc1. The van der Waals surface area contributed by atoms with Gasteiger partial charge in [-0.25, -0.2) is 4.98 Å². The average Bonchev–Trinajstić information content (AvgIpc) is 3.40. The fourth-order valence-electron chi connectivity index (χ4n) is 5.61. The molecular formula is C26H35N3O2. The normalized spacial score (nSPS) is 28.9. The maximum absolute atomic E-state index is 6.00. The van der Waals surface area contributed by atoms with E-state index >= 15 is 0 Å². The molecule has 1 aromatic carbocycles. The van der Waals surface area contributed by atoms with Crippen molar-refractivity contribution >= 4 is 0 Å². The van der Waals surface area contributed by atoms with Gasteiger partial charge in [0.1, 0.15) is 6.10 Å². The van der Waals surface area contributed by atoms with Crippen molar-refractivity contribution in [2.45, 2.75) is 57.3 Å². The first-order valence-corrected chi connectivity index (χ1v) is 12.0. The lowest BCUT2D eigenvalue weighted by Gasteiger charge is -2.27. The Morgan fingerprint density at radius 3 is 2.81 bits per heavy atom. The van der Waals surface area contributed by atoms with E-state index in [9.17, 15) is 0 Å². The van der Waals surface area contributed by atoms with E-state index in [0.717, 1.165) is 43.8 Å². The van der Waals surface area contributed by atoms with E-state index in [1.165, 1.54) is 49.9 Å². The summed E-state index contributed by atoms with van der Waals surface area (Å²) in [6.45, 7) is 5.88. The van der Waals surface area contributed by atoms with E-state index in [1.54, 1.807) is 0 Å². The molecule has 5 heteroatoms. The van der Waals surface area contributed by atoms with Gasteiger partial charge in [0.25, 0.3) is 0 Å². The number of ether oxygens (including phenoxy) is 2. The molecule has 0 spiro atoms. The summed E-state index contributed by atoms with van der Waals surface area (Å²) in [5, 5.41) is 3.92. The van der Waals surface area contributed by atoms with Gasteiger partial charge in [0.15, 0.2) is 0 Å². The summed E-state index contributed by atoms with van der Waals surface area (Å²) in [5.74, 6) is 2.30. The molecule has 5 rings (SSSR count). The lowest BCUT2D eigenvalue weighted by Crippen LogP contribution is -2.38. The molecule has 2 aliphatic heterocycles. The summed E-state index contributed by atoms with van der Waals surface area (Å²) in [6, 6.07) is 15.7. The Kier molecular flexibility index (Phi) is 6.83. The molecule has 31 heavy (non-hydrogen) atoms. The minimum absolute atomic E-state index is 0.146. The van der Waals surface area contributed by atoms with Gasteiger partial charge < -0.3 is 14.8 Å². The third-order valence-electron chi connectivity index (χ3n) is 7.22. The summed E-state index contributed by atoms with van der Waals surface area (Å²) >= 11 is 0. The van der Waals surface area contributed by atoms with Gasteiger partial charge in [0.2, 0.25) is 5.88 Å². The molecule has 4 atom stereocenters. The number of hydrogen-bond donors (Lipinski definition) is 1. The highest BCUT2D eigenvalue weighted by atomic mass is 16.5. The smallest absolute Gasteiger partial charge is 0.213 e. The molecule has 1 N–H and O–H groups in total. The number of pyridine rings is 1. The van der Waals surface area contributed by atoms with Crippen molar-refractivity contribution in [3.05, 3.63) is 59.8 Å². The predicted octanol–water partition coefficient (Wildman–Crippen LogP) is 4.03. The van der Waals surface area contributed by atoms with Gasteiger partial charge in [-0.05, 0) is 41.9 Å². The lowest BCUT2D eigenvalue weighted by molar-refractivity contribution is 0.138. The van der Waals surface area contributed by atoms with Crippen LogP contribution in [0.3, 0.4) is 0 Å². The molecular weight excluding hydrogens is 386 g/mol. The Bertz CT molecular complexity index is 824. The first kappa shape index (κ1) is 20.9. The number of benzene rings is 1. The first-order valence-electron chi connectivity index (χ1n) is 12.0. The van der Waals surface area contributed by atoms with Crippen LogP contribution in [0.5, 0.6) is 5.88 Å². The van der Waals surface area contributed by atoms with E-state index in [4.69, 9.17) is 9.47 Å². The highest BCUT2D eigenvalue weighted by molar-refractivity contribution is 5.21. The van der Waals surface area contributed by atoms with Crippen molar-refractivity contribution in [2.75, 3.05) is 26.3 Å². The molecule has 3 heterocycles. The molecule has 2 saturated heterocycles. The zero-order valence-electron chi connectivity index (χ0n) is 18.4. The molecule has 0 amide bonds. The van der Waals surface area contributed by atoms with Gasteiger partial charge in [-0.3, -0.25) is 4.90 Å². The van der Waals surface area contributed by atoms with E-state index in [1.807, 2.05) is 6.20 Å². The Morgan fingerprint density at radius 2 is 1.94 bits per heavy atom. The molecule has 3 fully saturated rings. The van der Waals surface area contributed by atoms with Crippen LogP contribution < -0.4 is 10.1 Å². The second kappa shape index (κ2) is 10.1. The fraction of sp³-hybridized carbons (Fsp3) is 0.577. The minimum atomic E-state index is 0.146. The summed E-state index contributed by atoms with van der Waals surface area (Å²) in [4.78, 5) is 7.08. The maximum Gasteiger partial charge on any atom is 0.213 e. The highest BCUT2D eigenvalue weighted by Gasteiger charge is 2.38. The van der Waals surface area contributed by atoms with Crippen LogP contribution in [0, 0.1) is 11.8 Å². The molecule has 0 radical (unpaired) electrons. The van der Waals surface area contributed by atoms with Crippen LogP contribution in [0.25, 0.3) is 0 Å². The van der Waals surface area contributed by atoms with Crippen LogP contribution in [0.4, 0.5) is 0 Å². The number of nitrogens with one attached hydrogen (secondary N) is 1. The molecule has 166 valence electrons. The van der Waals surface area contributed by atoms with Crippen molar-refractivity contribution in [3.8, 4) is 5.88 Å². The van der Waals surface area contributed by atoms with E-state index in [0.29, 0.717) is 12.6 Å². The molecule has 1 aliphatic carbocycles. The van der Waals surface area contributed by atoms with Crippen molar-refractivity contribution < 1.29 is 9.47 Å².